The predicted octanol–water partition coefficient (Wildman–Crippen LogP) is 4.06. The molecule has 0 heterocycles. The lowest BCUT2D eigenvalue weighted by Gasteiger charge is -2.13. The van der Waals surface area contributed by atoms with Crippen molar-refractivity contribution in [3.05, 3.63) is 46.4 Å². The van der Waals surface area contributed by atoms with Crippen LogP contribution in [0.4, 0.5) is 25.8 Å². The van der Waals surface area contributed by atoms with Gasteiger partial charge in [0.15, 0.2) is 11.6 Å². The molecule has 19 heavy (non-hydrogen) atoms. The number of rotatable bonds is 3. The molecule has 0 fully saturated rings. The monoisotopic (exact) mass is 328 g/mol. The van der Waals surface area contributed by atoms with Crippen LogP contribution in [0.25, 0.3) is 0 Å². The van der Waals surface area contributed by atoms with Crippen LogP contribution in [0.5, 0.6) is 5.75 Å². The number of halogens is 3. The maximum atomic E-state index is 13.7. The normalized spacial score (nSPS) is 10.3. The van der Waals surface area contributed by atoms with E-state index in [1.807, 2.05) is 0 Å². The zero-order chi connectivity index (χ0) is 14.0. The zero-order valence-corrected chi connectivity index (χ0v) is 11.6. The Morgan fingerprint density at radius 3 is 2.37 bits per heavy atom. The van der Waals surface area contributed by atoms with Gasteiger partial charge >= 0.3 is 0 Å². The van der Waals surface area contributed by atoms with Crippen LogP contribution in [0.1, 0.15) is 0 Å². The van der Waals surface area contributed by atoms with Gasteiger partial charge in [0.1, 0.15) is 11.4 Å². The fraction of sp³-hybridized carbons (Fsp3) is 0.0769. The number of ether oxygens (including phenoxy) is 1. The summed E-state index contributed by atoms with van der Waals surface area (Å²) in [6.07, 6.45) is 0. The minimum atomic E-state index is -0.764. The van der Waals surface area contributed by atoms with Gasteiger partial charge in [0.05, 0.1) is 12.8 Å². The molecule has 2 aromatic rings. The number of nitrogens with one attached hydrogen (secondary N) is 1. The first-order valence-electron chi connectivity index (χ1n) is 5.36. The van der Waals surface area contributed by atoms with Crippen LogP contribution in [-0.4, -0.2) is 7.11 Å². The molecule has 0 saturated heterocycles. The van der Waals surface area contributed by atoms with Gasteiger partial charge < -0.3 is 15.8 Å². The molecule has 0 aliphatic carbocycles. The summed E-state index contributed by atoms with van der Waals surface area (Å²) in [4.78, 5) is 0. The molecule has 0 unspecified atom stereocenters. The Hall–Kier alpha value is -1.82. The lowest BCUT2D eigenvalue weighted by molar-refractivity contribution is 0.416. The quantitative estimate of drug-likeness (QED) is 0.835. The third-order valence-corrected chi connectivity index (χ3v) is 2.98. The molecule has 0 amide bonds. The van der Waals surface area contributed by atoms with Gasteiger partial charge in [-0.2, -0.15) is 0 Å². The van der Waals surface area contributed by atoms with Crippen LogP contribution < -0.4 is 15.8 Å². The van der Waals surface area contributed by atoms with Crippen molar-refractivity contribution in [1.29, 1.82) is 0 Å². The summed E-state index contributed by atoms with van der Waals surface area (Å²) < 4.78 is 33.3. The van der Waals surface area contributed by atoms with Crippen molar-refractivity contribution in [2.24, 2.45) is 0 Å². The van der Waals surface area contributed by atoms with Crippen LogP contribution in [0.2, 0.25) is 0 Å². The number of hydrogen-bond donors (Lipinski definition) is 2. The highest BCUT2D eigenvalue weighted by Gasteiger charge is 2.13. The number of methoxy groups -OCH3 is 1. The molecule has 100 valence electrons. The Balaban J connectivity index is 2.44. The van der Waals surface area contributed by atoms with Gasteiger partial charge in [-0.3, -0.25) is 0 Å². The maximum absolute atomic E-state index is 13.7. The fourth-order valence-corrected chi connectivity index (χ4v) is 1.99. The maximum Gasteiger partial charge on any atom is 0.151 e. The van der Waals surface area contributed by atoms with E-state index >= 15 is 0 Å². The standard InChI is InChI=1S/C13H11BrF2N2O/c1-19-12-3-2-7(14)4-11(12)18-13-9(15)5-8(17)6-10(13)16/h2-6,18H,17H2,1H3. The Bertz CT molecular complexity index is 597. The second-order valence-electron chi connectivity index (χ2n) is 3.83. The Labute approximate surface area is 117 Å². The molecule has 0 aliphatic rings. The first-order valence-corrected chi connectivity index (χ1v) is 6.15. The topological polar surface area (TPSA) is 47.3 Å². The third-order valence-electron chi connectivity index (χ3n) is 2.49. The molecule has 0 aromatic heterocycles. The highest BCUT2D eigenvalue weighted by atomic mass is 79.9. The molecule has 3 N–H and O–H groups in total. The first kappa shape index (κ1) is 13.6. The van der Waals surface area contributed by atoms with Gasteiger partial charge in [0, 0.05) is 10.2 Å². The molecule has 0 spiro atoms. The summed E-state index contributed by atoms with van der Waals surface area (Å²) in [5.41, 5.74) is 5.56. The first-order chi connectivity index (χ1) is 9.01. The molecule has 6 heteroatoms. The Morgan fingerprint density at radius 2 is 1.79 bits per heavy atom. The van der Waals surface area contributed by atoms with E-state index in [4.69, 9.17) is 10.5 Å². The van der Waals surface area contributed by atoms with Crippen LogP contribution in [0.15, 0.2) is 34.8 Å². The number of benzene rings is 2. The van der Waals surface area contributed by atoms with Gasteiger partial charge in [0.25, 0.3) is 0 Å². The van der Waals surface area contributed by atoms with Crippen LogP contribution >= 0.6 is 15.9 Å². The highest BCUT2D eigenvalue weighted by Crippen LogP contribution is 2.33. The van der Waals surface area contributed by atoms with E-state index in [1.54, 1.807) is 18.2 Å². The van der Waals surface area contributed by atoms with Crippen molar-refractivity contribution in [3.63, 3.8) is 0 Å². The van der Waals surface area contributed by atoms with Crippen molar-refractivity contribution in [2.75, 3.05) is 18.2 Å². The van der Waals surface area contributed by atoms with Crippen molar-refractivity contribution >= 4 is 33.0 Å². The average Bonchev–Trinajstić information content (AvgIpc) is 2.34. The van der Waals surface area contributed by atoms with Crippen LogP contribution in [0.3, 0.4) is 0 Å². The van der Waals surface area contributed by atoms with Gasteiger partial charge in [-0.15, -0.1) is 0 Å². The number of nitrogens with two attached hydrogens (primary N) is 1. The lowest BCUT2D eigenvalue weighted by Crippen LogP contribution is -2.01. The third kappa shape index (κ3) is 2.96. The lowest BCUT2D eigenvalue weighted by atomic mass is 10.2. The van der Waals surface area contributed by atoms with Crippen molar-refractivity contribution < 1.29 is 13.5 Å². The molecule has 0 saturated carbocycles. The Morgan fingerprint density at radius 1 is 1.16 bits per heavy atom. The predicted molar refractivity (Wildman–Crippen MR) is 74.7 cm³/mol. The zero-order valence-electron chi connectivity index (χ0n) is 10.0. The van der Waals surface area contributed by atoms with E-state index in [1.165, 1.54) is 7.11 Å². The van der Waals surface area contributed by atoms with Crippen molar-refractivity contribution in [1.82, 2.24) is 0 Å². The van der Waals surface area contributed by atoms with E-state index < -0.39 is 11.6 Å². The number of anilines is 3. The minimum absolute atomic E-state index is 0.0294. The molecular formula is C13H11BrF2N2O. The minimum Gasteiger partial charge on any atom is -0.495 e. The van der Waals surface area contributed by atoms with Crippen LogP contribution in [0, 0.1) is 11.6 Å². The SMILES string of the molecule is COc1ccc(Br)cc1Nc1c(F)cc(N)cc1F. The summed E-state index contributed by atoms with van der Waals surface area (Å²) >= 11 is 3.28. The van der Waals surface area contributed by atoms with E-state index in [0.29, 0.717) is 11.4 Å². The van der Waals surface area contributed by atoms with Crippen LogP contribution in [-0.2, 0) is 0 Å². The molecular weight excluding hydrogens is 318 g/mol. The smallest absolute Gasteiger partial charge is 0.151 e. The van der Waals surface area contributed by atoms with Crippen molar-refractivity contribution in [2.45, 2.75) is 0 Å². The molecule has 2 rings (SSSR count). The summed E-state index contributed by atoms with van der Waals surface area (Å²) in [6, 6.07) is 7.21. The summed E-state index contributed by atoms with van der Waals surface area (Å²) in [5.74, 6) is -1.06. The molecule has 0 aliphatic heterocycles. The second kappa shape index (κ2) is 5.44. The summed E-state index contributed by atoms with van der Waals surface area (Å²) in [7, 11) is 1.48. The van der Waals surface area contributed by atoms with Gasteiger partial charge in [-0.05, 0) is 30.3 Å². The largest absolute Gasteiger partial charge is 0.495 e. The van der Waals surface area contributed by atoms with E-state index in [9.17, 15) is 8.78 Å². The Kier molecular flexibility index (Phi) is 3.90. The molecule has 0 bridgehead atoms. The van der Waals surface area contributed by atoms with E-state index in [-0.39, 0.29) is 11.4 Å². The van der Waals surface area contributed by atoms with Gasteiger partial charge in [-0.1, -0.05) is 15.9 Å². The molecule has 3 nitrogen and oxygen atoms in total. The van der Waals surface area contributed by atoms with Crippen molar-refractivity contribution in [3.8, 4) is 5.75 Å². The highest BCUT2D eigenvalue weighted by molar-refractivity contribution is 9.10. The summed E-state index contributed by atoms with van der Waals surface area (Å²) in [6.45, 7) is 0. The summed E-state index contributed by atoms with van der Waals surface area (Å²) in [5, 5.41) is 2.67. The fourth-order valence-electron chi connectivity index (χ4n) is 1.62. The average molecular weight is 329 g/mol. The number of hydrogen-bond acceptors (Lipinski definition) is 3. The van der Waals surface area contributed by atoms with E-state index in [0.717, 1.165) is 16.6 Å². The molecule has 0 atom stereocenters. The van der Waals surface area contributed by atoms with E-state index in [2.05, 4.69) is 21.2 Å². The number of nitrogen functional groups attached to an aromatic ring is 1. The molecule has 0 radical (unpaired) electrons. The van der Waals surface area contributed by atoms with Gasteiger partial charge in [0.2, 0.25) is 0 Å². The van der Waals surface area contributed by atoms with Gasteiger partial charge in [-0.25, -0.2) is 8.78 Å². The molecule has 2 aromatic carbocycles. The second-order valence-corrected chi connectivity index (χ2v) is 4.74.